The Balaban J connectivity index is 1.82. The Bertz CT molecular complexity index is 720. The smallest absolute Gasteiger partial charge is 0.308 e. The van der Waals surface area contributed by atoms with Gasteiger partial charge in [0.05, 0.1) is 13.0 Å². The summed E-state index contributed by atoms with van der Waals surface area (Å²) < 4.78 is 19.4. The molecular weight excluding hydrogens is 309 g/mol. The van der Waals surface area contributed by atoms with E-state index in [0.29, 0.717) is 30.9 Å². The van der Waals surface area contributed by atoms with Crippen LogP contribution in [0.5, 0.6) is 5.75 Å². The summed E-state index contributed by atoms with van der Waals surface area (Å²) >= 11 is 0. The Morgan fingerprint density at radius 3 is 2.62 bits per heavy atom. The number of ether oxygens (including phenoxy) is 1. The molecule has 0 amide bonds. The number of hydrogen-bond acceptors (Lipinski definition) is 3. The van der Waals surface area contributed by atoms with Crippen LogP contribution in [0.25, 0.3) is 0 Å². The number of halogens is 1. The molecule has 126 valence electrons. The summed E-state index contributed by atoms with van der Waals surface area (Å²) in [6.07, 6.45) is 0. The Morgan fingerprint density at radius 1 is 1.25 bits per heavy atom. The highest BCUT2D eigenvalue weighted by molar-refractivity contribution is 5.72. The first-order valence-corrected chi connectivity index (χ1v) is 7.91. The number of methoxy groups -OCH3 is 1. The number of carboxylic acid groups (broad SMARTS) is 1. The molecule has 0 radical (unpaired) electrons. The third-order valence-corrected chi connectivity index (χ3v) is 4.57. The first-order valence-electron chi connectivity index (χ1n) is 7.91. The average Bonchev–Trinajstić information content (AvgIpc) is 2.99. The van der Waals surface area contributed by atoms with Gasteiger partial charge in [0.2, 0.25) is 0 Å². The highest BCUT2D eigenvalue weighted by atomic mass is 19.1. The fourth-order valence-electron chi connectivity index (χ4n) is 3.36. The molecule has 0 bridgehead atoms. The molecule has 1 saturated heterocycles. The van der Waals surface area contributed by atoms with Crippen molar-refractivity contribution in [1.82, 2.24) is 4.90 Å². The molecule has 0 aliphatic carbocycles. The van der Waals surface area contributed by atoms with Crippen LogP contribution in [0.15, 0.2) is 48.5 Å². The minimum Gasteiger partial charge on any atom is -0.497 e. The van der Waals surface area contributed by atoms with Gasteiger partial charge in [-0.2, -0.15) is 0 Å². The van der Waals surface area contributed by atoms with E-state index in [-0.39, 0.29) is 5.92 Å². The second kappa shape index (κ2) is 7.01. The van der Waals surface area contributed by atoms with Gasteiger partial charge in [-0.1, -0.05) is 36.4 Å². The Labute approximate surface area is 140 Å². The molecule has 0 saturated carbocycles. The third-order valence-electron chi connectivity index (χ3n) is 4.57. The van der Waals surface area contributed by atoms with Crippen LogP contribution in [0.4, 0.5) is 4.39 Å². The summed E-state index contributed by atoms with van der Waals surface area (Å²) in [6, 6.07) is 14.5. The van der Waals surface area contributed by atoms with Gasteiger partial charge in [0.15, 0.2) is 0 Å². The SMILES string of the molecule is COc1ccc([C@@H]2CN(Cc3ccccc3)C[C@H]2C(=O)O)c(F)c1. The molecule has 0 unspecified atom stereocenters. The number of aliphatic carboxylic acids is 1. The maximum absolute atomic E-state index is 14.4. The van der Waals surface area contributed by atoms with Crippen molar-refractivity contribution >= 4 is 5.97 Å². The van der Waals surface area contributed by atoms with Crippen molar-refractivity contribution in [2.75, 3.05) is 20.2 Å². The van der Waals surface area contributed by atoms with E-state index < -0.39 is 17.7 Å². The molecule has 24 heavy (non-hydrogen) atoms. The van der Waals surface area contributed by atoms with Gasteiger partial charge < -0.3 is 9.84 Å². The van der Waals surface area contributed by atoms with E-state index in [0.717, 1.165) is 5.56 Å². The predicted octanol–water partition coefficient (Wildman–Crippen LogP) is 3.13. The normalized spacial score (nSPS) is 20.9. The van der Waals surface area contributed by atoms with Gasteiger partial charge >= 0.3 is 5.97 Å². The molecule has 1 fully saturated rings. The fourth-order valence-corrected chi connectivity index (χ4v) is 3.36. The number of likely N-dealkylation sites (tertiary alicyclic amines) is 1. The highest BCUT2D eigenvalue weighted by Gasteiger charge is 2.39. The number of carboxylic acids is 1. The summed E-state index contributed by atoms with van der Waals surface area (Å²) in [5.41, 5.74) is 1.57. The van der Waals surface area contributed by atoms with Gasteiger partial charge in [-0.3, -0.25) is 9.69 Å². The van der Waals surface area contributed by atoms with Gasteiger partial charge in [-0.05, 0) is 17.2 Å². The van der Waals surface area contributed by atoms with E-state index >= 15 is 0 Å². The molecule has 0 aromatic heterocycles. The minimum absolute atomic E-state index is 0.364. The highest BCUT2D eigenvalue weighted by Crippen LogP contribution is 2.36. The van der Waals surface area contributed by atoms with Crippen LogP contribution in [0, 0.1) is 11.7 Å². The van der Waals surface area contributed by atoms with Crippen LogP contribution in [-0.2, 0) is 11.3 Å². The molecule has 1 heterocycles. The fraction of sp³-hybridized carbons (Fsp3) is 0.316. The first-order chi connectivity index (χ1) is 11.6. The van der Waals surface area contributed by atoms with Crippen LogP contribution in [0.2, 0.25) is 0 Å². The van der Waals surface area contributed by atoms with E-state index in [1.807, 2.05) is 30.3 Å². The lowest BCUT2D eigenvalue weighted by Gasteiger charge is -2.17. The zero-order chi connectivity index (χ0) is 17.1. The lowest BCUT2D eigenvalue weighted by molar-refractivity contribution is -0.141. The zero-order valence-corrected chi connectivity index (χ0v) is 13.5. The average molecular weight is 329 g/mol. The first kappa shape index (κ1) is 16.5. The van der Waals surface area contributed by atoms with Crippen LogP contribution in [-0.4, -0.2) is 36.2 Å². The van der Waals surface area contributed by atoms with Gasteiger partial charge in [0, 0.05) is 31.6 Å². The summed E-state index contributed by atoms with van der Waals surface area (Å²) in [5, 5.41) is 9.55. The zero-order valence-electron chi connectivity index (χ0n) is 13.5. The van der Waals surface area contributed by atoms with Gasteiger partial charge in [-0.15, -0.1) is 0 Å². The quantitative estimate of drug-likeness (QED) is 0.915. The molecule has 0 spiro atoms. The second-order valence-electron chi connectivity index (χ2n) is 6.12. The predicted molar refractivity (Wildman–Crippen MR) is 88.5 cm³/mol. The van der Waals surface area contributed by atoms with E-state index in [4.69, 9.17) is 4.74 Å². The molecule has 5 heteroatoms. The molecule has 1 N–H and O–H groups in total. The molecule has 2 aromatic carbocycles. The van der Waals surface area contributed by atoms with E-state index in [2.05, 4.69) is 4.90 Å². The molecular formula is C19H20FNO3. The maximum Gasteiger partial charge on any atom is 0.308 e. The molecule has 1 aliphatic heterocycles. The lowest BCUT2D eigenvalue weighted by atomic mass is 9.88. The molecule has 3 rings (SSSR count). The standard InChI is InChI=1S/C19H20FNO3/c1-24-14-7-8-15(18(20)9-14)16-11-21(12-17(16)19(22)23)10-13-5-3-2-4-6-13/h2-9,16-17H,10-12H2,1H3,(H,22,23)/t16-,17+/m0/s1. The molecule has 2 aromatic rings. The largest absolute Gasteiger partial charge is 0.497 e. The molecule has 1 aliphatic rings. The van der Waals surface area contributed by atoms with Gasteiger partial charge in [0.1, 0.15) is 11.6 Å². The topological polar surface area (TPSA) is 49.8 Å². The number of carbonyl (C=O) groups is 1. The van der Waals surface area contributed by atoms with Crippen molar-refractivity contribution in [2.45, 2.75) is 12.5 Å². The number of rotatable bonds is 5. The number of nitrogens with zero attached hydrogens (tertiary/aromatic N) is 1. The third kappa shape index (κ3) is 3.41. The summed E-state index contributed by atoms with van der Waals surface area (Å²) in [4.78, 5) is 13.7. The number of benzene rings is 2. The molecule has 2 atom stereocenters. The maximum atomic E-state index is 14.4. The summed E-state index contributed by atoms with van der Waals surface area (Å²) in [5.74, 6) is -1.84. The van der Waals surface area contributed by atoms with Gasteiger partial charge in [0.25, 0.3) is 0 Å². The van der Waals surface area contributed by atoms with E-state index in [1.54, 1.807) is 12.1 Å². The van der Waals surface area contributed by atoms with Gasteiger partial charge in [-0.25, -0.2) is 4.39 Å². The Hall–Kier alpha value is -2.40. The lowest BCUT2D eigenvalue weighted by Crippen LogP contribution is -2.23. The minimum atomic E-state index is -0.884. The van der Waals surface area contributed by atoms with Crippen LogP contribution in [0.1, 0.15) is 17.0 Å². The van der Waals surface area contributed by atoms with Crippen LogP contribution >= 0.6 is 0 Å². The monoisotopic (exact) mass is 329 g/mol. The van der Waals surface area contributed by atoms with Crippen molar-refractivity contribution in [2.24, 2.45) is 5.92 Å². The van der Waals surface area contributed by atoms with Crippen LogP contribution in [0.3, 0.4) is 0 Å². The second-order valence-corrected chi connectivity index (χ2v) is 6.12. The summed E-state index contributed by atoms with van der Waals surface area (Å²) in [6.45, 7) is 1.61. The van der Waals surface area contributed by atoms with Crippen molar-refractivity contribution < 1.29 is 19.0 Å². The molecule has 4 nitrogen and oxygen atoms in total. The summed E-state index contributed by atoms with van der Waals surface area (Å²) in [7, 11) is 1.48. The van der Waals surface area contributed by atoms with Crippen molar-refractivity contribution in [1.29, 1.82) is 0 Å². The van der Waals surface area contributed by atoms with Crippen molar-refractivity contribution in [3.63, 3.8) is 0 Å². The van der Waals surface area contributed by atoms with E-state index in [1.165, 1.54) is 13.2 Å². The Morgan fingerprint density at radius 2 is 2.00 bits per heavy atom. The van der Waals surface area contributed by atoms with Crippen LogP contribution < -0.4 is 4.74 Å². The van der Waals surface area contributed by atoms with Crippen molar-refractivity contribution in [3.8, 4) is 5.75 Å². The number of hydrogen-bond donors (Lipinski definition) is 1. The van der Waals surface area contributed by atoms with Crippen molar-refractivity contribution in [3.05, 3.63) is 65.5 Å². The van der Waals surface area contributed by atoms with E-state index in [9.17, 15) is 14.3 Å². The Kier molecular flexibility index (Phi) is 4.81.